The Balaban J connectivity index is 1.44. The van der Waals surface area contributed by atoms with Crippen LogP contribution in [0, 0.1) is 0 Å². The first-order chi connectivity index (χ1) is 19.8. The molecule has 1 aliphatic carbocycles. The normalized spacial score (nSPS) is 22.1. The summed E-state index contributed by atoms with van der Waals surface area (Å²) in [6, 6.07) is 20.2. The van der Waals surface area contributed by atoms with Gasteiger partial charge in [-0.15, -0.1) is 0 Å². The first-order valence-corrected chi connectivity index (χ1v) is 14.2. The summed E-state index contributed by atoms with van der Waals surface area (Å²) in [4.78, 5) is 49.0. The van der Waals surface area contributed by atoms with Crippen molar-refractivity contribution in [1.82, 2.24) is 15.3 Å². The summed E-state index contributed by atoms with van der Waals surface area (Å²) in [5.74, 6) is -1.50. The summed E-state index contributed by atoms with van der Waals surface area (Å²) in [5, 5.41) is 11.6. The van der Waals surface area contributed by atoms with Gasteiger partial charge in [-0.25, -0.2) is 5.48 Å². The molecule has 4 atom stereocenters. The zero-order valence-electron chi connectivity index (χ0n) is 23.1. The summed E-state index contributed by atoms with van der Waals surface area (Å²) in [6.45, 7) is 0.0894. The number of nitrogens with one attached hydrogen (secondary N) is 1. The highest BCUT2D eigenvalue weighted by Gasteiger charge is 2.48. The number of amides is 3. The Morgan fingerprint density at radius 1 is 1.00 bits per heavy atom. The Morgan fingerprint density at radius 3 is 2.37 bits per heavy atom. The highest BCUT2D eigenvalue weighted by molar-refractivity contribution is 6.30. The molecular weight excluding hydrogens is 542 g/mol. The van der Waals surface area contributed by atoms with Gasteiger partial charge in [0, 0.05) is 30.2 Å². The number of hydroxylamine groups is 1. The van der Waals surface area contributed by atoms with E-state index in [2.05, 4.69) is 5.48 Å². The number of aliphatic hydroxyl groups is 1. The van der Waals surface area contributed by atoms with E-state index in [9.17, 15) is 19.5 Å². The van der Waals surface area contributed by atoms with Gasteiger partial charge in [-0.05, 0) is 59.9 Å². The molecule has 0 aromatic heterocycles. The molecule has 0 unspecified atom stereocenters. The van der Waals surface area contributed by atoms with Gasteiger partial charge in [0.15, 0.2) is 0 Å². The Hall–Kier alpha value is -3.72. The van der Waals surface area contributed by atoms with Crippen molar-refractivity contribution in [2.45, 2.75) is 56.4 Å². The van der Waals surface area contributed by atoms with E-state index < -0.39 is 30.0 Å². The number of aliphatic hydroxyl groups excluding tert-OH is 1. The number of carbonyl (C=O) groups is 3. The molecule has 3 amide bonds. The van der Waals surface area contributed by atoms with Gasteiger partial charge in [-0.1, -0.05) is 66.9 Å². The average Bonchev–Trinajstić information content (AvgIpc) is 2.98. The monoisotopic (exact) mass is 575 g/mol. The molecule has 0 saturated heterocycles. The van der Waals surface area contributed by atoms with E-state index in [1.54, 1.807) is 73.6 Å². The van der Waals surface area contributed by atoms with Gasteiger partial charge in [0.1, 0.15) is 0 Å². The van der Waals surface area contributed by atoms with E-state index in [0.717, 1.165) is 24.0 Å². The lowest BCUT2D eigenvalue weighted by molar-refractivity contribution is -0.138. The molecule has 1 heterocycles. The molecule has 0 spiro atoms. The summed E-state index contributed by atoms with van der Waals surface area (Å²) in [7, 11) is 3.39. The summed E-state index contributed by atoms with van der Waals surface area (Å²) < 4.78 is 0. The van der Waals surface area contributed by atoms with Gasteiger partial charge in [-0.3, -0.25) is 19.2 Å². The van der Waals surface area contributed by atoms with Crippen LogP contribution in [0.5, 0.6) is 0 Å². The third-order valence-corrected chi connectivity index (χ3v) is 8.19. The minimum atomic E-state index is -0.792. The summed E-state index contributed by atoms with van der Waals surface area (Å²) in [5.41, 5.74) is 5.75. The number of hydrogen-bond acceptors (Lipinski definition) is 5. The predicted octanol–water partition coefficient (Wildman–Crippen LogP) is 4.87. The number of carbonyl (C=O) groups excluding carboxylic acids is 3. The minimum absolute atomic E-state index is 0.0894. The second-order valence-electron chi connectivity index (χ2n) is 10.8. The van der Waals surface area contributed by atoms with Gasteiger partial charge in [0.05, 0.1) is 30.7 Å². The van der Waals surface area contributed by atoms with E-state index in [1.807, 2.05) is 18.2 Å². The molecule has 41 heavy (non-hydrogen) atoms. The average molecular weight is 576 g/mol. The Kier molecular flexibility index (Phi) is 8.73. The van der Waals surface area contributed by atoms with Crippen molar-refractivity contribution in [2.75, 3.05) is 14.1 Å². The fraction of sp³-hybridized carbons (Fsp3) is 0.344. The molecule has 1 fully saturated rings. The third-order valence-electron chi connectivity index (χ3n) is 7.94. The minimum Gasteiger partial charge on any atom is -0.391 e. The number of hydrogen-bond donors (Lipinski definition) is 2. The molecule has 5 rings (SSSR count). The highest BCUT2D eigenvalue weighted by Crippen LogP contribution is 2.46. The van der Waals surface area contributed by atoms with Crippen LogP contribution in [0.1, 0.15) is 75.0 Å². The van der Waals surface area contributed by atoms with Crippen LogP contribution in [0.25, 0.3) is 0 Å². The number of halogens is 1. The van der Waals surface area contributed by atoms with E-state index in [4.69, 9.17) is 16.4 Å². The van der Waals surface area contributed by atoms with Gasteiger partial charge in [0.2, 0.25) is 0 Å². The molecule has 3 aromatic rings. The first-order valence-electron chi connectivity index (χ1n) is 13.8. The van der Waals surface area contributed by atoms with E-state index in [0.29, 0.717) is 34.6 Å². The summed E-state index contributed by atoms with van der Waals surface area (Å²) >= 11 is 6.20. The van der Waals surface area contributed by atoms with Crippen molar-refractivity contribution in [1.29, 1.82) is 0 Å². The van der Waals surface area contributed by atoms with Gasteiger partial charge < -0.3 is 14.9 Å². The van der Waals surface area contributed by atoms with Crippen molar-refractivity contribution in [3.8, 4) is 0 Å². The Morgan fingerprint density at radius 2 is 1.68 bits per heavy atom. The quantitative estimate of drug-likeness (QED) is 0.392. The lowest BCUT2D eigenvalue weighted by atomic mass is 9.77. The number of benzene rings is 3. The fourth-order valence-corrected chi connectivity index (χ4v) is 6.01. The van der Waals surface area contributed by atoms with Crippen molar-refractivity contribution in [3.05, 3.63) is 106 Å². The third kappa shape index (κ3) is 6.00. The molecule has 1 aliphatic heterocycles. The summed E-state index contributed by atoms with van der Waals surface area (Å²) in [6.07, 6.45) is 2.34. The predicted molar refractivity (Wildman–Crippen MR) is 155 cm³/mol. The van der Waals surface area contributed by atoms with Crippen LogP contribution < -0.4 is 5.48 Å². The molecule has 1 saturated carbocycles. The highest BCUT2D eigenvalue weighted by atomic mass is 35.5. The largest absolute Gasteiger partial charge is 0.391 e. The van der Waals surface area contributed by atoms with Crippen LogP contribution in [0.2, 0.25) is 5.02 Å². The first kappa shape index (κ1) is 28.8. The van der Waals surface area contributed by atoms with Crippen molar-refractivity contribution < 1.29 is 24.3 Å². The van der Waals surface area contributed by atoms with Crippen LogP contribution in [-0.4, -0.2) is 58.9 Å². The van der Waals surface area contributed by atoms with Crippen LogP contribution >= 0.6 is 11.6 Å². The SMILES string of the molecule is CN(C)C(=O)c1ccc(CONC(=O)[C@@H]2c3ccccc3C(=O)N([C@H]3CCCC[C@@H]3O)[C@H]2c2ccc(Cl)cc2)cc1. The Labute approximate surface area is 244 Å². The molecule has 2 N–H and O–H groups in total. The molecular formula is C32H34ClN3O5. The lowest BCUT2D eigenvalue weighted by Gasteiger charge is -2.48. The zero-order valence-corrected chi connectivity index (χ0v) is 23.9. The van der Waals surface area contributed by atoms with Crippen LogP contribution in [0.3, 0.4) is 0 Å². The fourth-order valence-electron chi connectivity index (χ4n) is 5.89. The number of nitrogens with zero attached hydrogens (tertiary/aromatic N) is 2. The van der Waals surface area contributed by atoms with E-state index in [1.165, 1.54) is 4.90 Å². The van der Waals surface area contributed by atoms with Gasteiger partial charge in [0.25, 0.3) is 17.7 Å². The maximum absolute atomic E-state index is 14.0. The van der Waals surface area contributed by atoms with E-state index in [-0.39, 0.29) is 18.4 Å². The number of fused-ring (bicyclic) bond motifs is 1. The Bertz CT molecular complexity index is 1410. The maximum Gasteiger partial charge on any atom is 0.255 e. The maximum atomic E-state index is 14.0. The smallest absolute Gasteiger partial charge is 0.255 e. The standard InChI is InChI=1S/C32H34ClN3O5/c1-35(2)31(39)22-13-11-20(12-14-22)19-41-34-30(38)28-24-7-3-4-8-25(24)32(40)36(26-9-5-6-10-27(26)37)29(28)21-15-17-23(33)18-16-21/h3-4,7-8,11-18,26-29,37H,5-6,9-10,19H2,1-2H3,(H,34,38)/t26-,27-,28+,29-/m0/s1. The molecule has 214 valence electrons. The second kappa shape index (κ2) is 12.4. The van der Waals surface area contributed by atoms with Gasteiger partial charge >= 0.3 is 0 Å². The molecule has 8 nitrogen and oxygen atoms in total. The van der Waals surface area contributed by atoms with Crippen molar-refractivity contribution in [3.63, 3.8) is 0 Å². The molecule has 9 heteroatoms. The zero-order chi connectivity index (χ0) is 29.1. The second-order valence-corrected chi connectivity index (χ2v) is 11.3. The van der Waals surface area contributed by atoms with Crippen molar-refractivity contribution in [2.24, 2.45) is 0 Å². The molecule has 0 bridgehead atoms. The topological polar surface area (TPSA) is 99.2 Å². The van der Waals surface area contributed by atoms with Crippen LogP contribution in [-0.2, 0) is 16.2 Å². The van der Waals surface area contributed by atoms with Crippen LogP contribution in [0.15, 0.2) is 72.8 Å². The molecule has 2 aliphatic rings. The lowest BCUT2D eigenvalue weighted by Crippen LogP contribution is -2.55. The van der Waals surface area contributed by atoms with E-state index >= 15 is 0 Å². The molecule has 3 aromatic carbocycles. The van der Waals surface area contributed by atoms with Gasteiger partial charge in [-0.2, -0.15) is 0 Å². The van der Waals surface area contributed by atoms with Crippen LogP contribution in [0.4, 0.5) is 0 Å². The van der Waals surface area contributed by atoms with Crippen molar-refractivity contribution >= 4 is 29.3 Å². The molecule has 0 radical (unpaired) electrons. The number of rotatable bonds is 7.